The lowest BCUT2D eigenvalue weighted by molar-refractivity contribution is -0.105. The normalized spacial score (nSPS) is 26.7. The Morgan fingerprint density at radius 1 is 1.38 bits per heavy atom. The molecule has 1 aromatic carbocycles. The fraction of sp³-hybridized carbons (Fsp3) is 0.625. The highest BCUT2D eigenvalue weighted by Gasteiger charge is 2.40. The van der Waals surface area contributed by atoms with Crippen LogP contribution in [0.1, 0.15) is 37.3 Å². The first-order chi connectivity index (χ1) is 10.1. The highest BCUT2D eigenvalue weighted by atomic mass is 79.9. The summed E-state index contributed by atoms with van der Waals surface area (Å²) in [6, 6.07) is 5.94. The Bertz CT molecular complexity index is 502. The molecule has 1 aromatic rings. The van der Waals surface area contributed by atoms with E-state index in [-0.39, 0.29) is 11.6 Å². The van der Waals surface area contributed by atoms with E-state index in [0.29, 0.717) is 5.92 Å². The van der Waals surface area contributed by atoms with Crippen LogP contribution in [0.5, 0.6) is 0 Å². The highest BCUT2D eigenvalue weighted by molar-refractivity contribution is 9.10. The molecule has 0 bridgehead atoms. The number of thioether (sulfide) groups is 1. The molecule has 2 unspecified atom stereocenters. The Hall–Kier alpha value is 0.260. The fourth-order valence-electron chi connectivity index (χ4n) is 3.49. The van der Waals surface area contributed by atoms with Gasteiger partial charge in [0.2, 0.25) is 0 Å². The van der Waals surface area contributed by atoms with E-state index in [1.165, 1.54) is 11.5 Å². The van der Waals surface area contributed by atoms with Crippen LogP contribution in [-0.4, -0.2) is 23.7 Å². The second-order valence-corrected chi connectivity index (χ2v) is 8.64. The lowest BCUT2D eigenvalue weighted by Crippen LogP contribution is -2.45. The van der Waals surface area contributed by atoms with Crippen LogP contribution in [0.2, 0.25) is 5.02 Å². The molecular formula is C16H21BrClNOS. The second-order valence-electron chi connectivity index (χ2n) is 6.09. The van der Waals surface area contributed by atoms with Crippen LogP contribution in [0.3, 0.4) is 0 Å². The van der Waals surface area contributed by atoms with Gasteiger partial charge in [-0.1, -0.05) is 27.5 Å². The molecule has 21 heavy (non-hydrogen) atoms. The van der Waals surface area contributed by atoms with E-state index in [2.05, 4.69) is 22.0 Å². The maximum Gasteiger partial charge on any atom is 0.0701 e. The predicted molar refractivity (Wildman–Crippen MR) is 94.0 cm³/mol. The average Bonchev–Trinajstić information content (AvgIpc) is 2.50. The Kier molecular flexibility index (Phi) is 5.22. The first kappa shape index (κ1) is 16.1. The van der Waals surface area contributed by atoms with Gasteiger partial charge in [0.1, 0.15) is 0 Å². The Morgan fingerprint density at radius 2 is 2.14 bits per heavy atom. The first-order valence-electron chi connectivity index (χ1n) is 7.52. The minimum Gasteiger partial charge on any atom is -0.375 e. The van der Waals surface area contributed by atoms with Crippen LogP contribution in [0, 0.1) is 5.92 Å². The number of ether oxygens (including phenoxy) is 1. The number of benzene rings is 1. The quantitative estimate of drug-likeness (QED) is 0.788. The molecule has 0 aromatic heterocycles. The van der Waals surface area contributed by atoms with Gasteiger partial charge in [-0.05, 0) is 66.9 Å². The summed E-state index contributed by atoms with van der Waals surface area (Å²) in [7, 11) is 0. The van der Waals surface area contributed by atoms with Crippen molar-refractivity contribution < 1.29 is 4.74 Å². The summed E-state index contributed by atoms with van der Waals surface area (Å²) in [5.74, 6) is 2.87. The van der Waals surface area contributed by atoms with Gasteiger partial charge < -0.3 is 10.5 Å². The van der Waals surface area contributed by atoms with E-state index < -0.39 is 0 Å². The molecular weight excluding hydrogens is 370 g/mol. The van der Waals surface area contributed by atoms with E-state index >= 15 is 0 Å². The smallest absolute Gasteiger partial charge is 0.0701 e. The lowest BCUT2D eigenvalue weighted by Gasteiger charge is -2.45. The van der Waals surface area contributed by atoms with Crippen LogP contribution < -0.4 is 5.73 Å². The Labute approximate surface area is 144 Å². The maximum atomic E-state index is 6.56. The Balaban J connectivity index is 1.77. The molecule has 2 nitrogen and oxygen atoms in total. The van der Waals surface area contributed by atoms with E-state index in [9.17, 15) is 0 Å². The number of halogens is 2. The fourth-order valence-corrected chi connectivity index (χ4v) is 5.35. The third kappa shape index (κ3) is 3.61. The molecule has 0 aliphatic carbocycles. The van der Waals surface area contributed by atoms with Gasteiger partial charge in [-0.25, -0.2) is 0 Å². The van der Waals surface area contributed by atoms with E-state index in [1.54, 1.807) is 0 Å². The summed E-state index contributed by atoms with van der Waals surface area (Å²) in [6.45, 7) is 0.828. The van der Waals surface area contributed by atoms with E-state index in [4.69, 9.17) is 22.1 Å². The van der Waals surface area contributed by atoms with Crippen molar-refractivity contribution in [2.45, 2.75) is 37.3 Å². The molecule has 2 saturated heterocycles. The largest absolute Gasteiger partial charge is 0.375 e. The number of nitrogens with two attached hydrogens (primary N) is 1. The van der Waals surface area contributed by atoms with Gasteiger partial charge in [0, 0.05) is 22.1 Å². The Morgan fingerprint density at radius 3 is 2.90 bits per heavy atom. The van der Waals surface area contributed by atoms with Crippen molar-refractivity contribution in [3.05, 3.63) is 33.3 Å². The second kappa shape index (κ2) is 6.79. The minimum atomic E-state index is -0.00893. The number of hydrogen-bond acceptors (Lipinski definition) is 3. The van der Waals surface area contributed by atoms with Crippen LogP contribution in [0.15, 0.2) is 22.7 Å². The van der Waals surface area contributed by atoms with Crippen molar-refractivity contribution in [3.63, 3.8) is 0 Å². The highest BCUT2D eigenvalue weighted by Crippen LogP contribution is 2.44. The topological polar surface area (TPSA) is 35.2 Å². The summed E-state index contributed by atoms with van der Waals surface area (Å²) < 4.78 is 7.20. The molecule has 0 saturated carbocycles. The van der Waals surface area contributed by atoms with Crippen LogP contribution in [0.4, 0.5) is 0 Å². The molecule has 2 atom stereocenters. The zero-order valence-corrected chi connectivity index (χ0v) is 15.1. The van der Waals surface area contributed by atoms with Gasteiger partial charge in [0.15, 0.2) is 0 Å². The number of rotatable bonds is 2. The molecule has 0 amide bonds. The van der Waals surface area contributed by atoms with E-state index in [1.807, 2.05) is 23.9 Å². The monoisotopic (exact) mass is 389 g/mol. The van der Waals surface area contributed by atoms with Crippen LogP contribution in [-0.2, 0) is 4.74 Å². The zero-order valence-electron chi connectivity index (χ0n) is 12.0. The number of hydrogen-bond donors (Lipinski definition) is 1. The molecule has 5 heteroatoms. The summed E-state index contributed by atoms with van der Waals surface area (Å²) in [5, 5.41) is 0.769. The third-order valence-corrected chi connectivity index (χ3v) is 6.58. The molecule has 2 fully saturated rings. The summed E-state index contributed by atoms with van der Waals surface area (Å²) >= 11 is 11.9. The molecule has 2 heterocycles. The van der Waals surface area contributed by atoms with Crippen molar-refractivity contribution in [3.8, 4) is 0 Å². The van der Waals surface area contributed by atoms with Crippen LogP contribution >= 0.6 is 39.3 Å². The molecule has 0 radical (unpaired) electrons. The first-order valence-corrected chi connectivity index (χ1v) is 9.84. The van der Waals surface area contributed by atoms with Crippen molar-refractivity contribution >= 4 is 39.3 Å². The lowest BCUT2D eigenvalue weighted by atomic mass is 9.77. The molecule has 2 aliphatic rings. The van der Waals surface area contributed by atoms with Crippen molar-refractivity contribution in [2.24, 2.45) is 11.7 Å². The predicted octanol–water partition coefficient (Wildman–Crippen LogP) is 4.79. The zero-order chi connectivity index (χ0) is 14.9. The van der Waals surface area contributed by atoms with Crippen LogP contribution in [0.25, 0.3) is 0 Å². The minimum absolute atomic E-state index is 0.00893. The van der Waals surface area contributed by atoms with Gasteiger partial charge in [0.05, 0.1) is 5.60 Å². The standard InChI is InChI=1S/C16H21BrClNOS/c17-12-1-2-14(18)13(9-12)15(19)11-3-6-20-16(10-11)4-7-21-8-5-16/h1-2,9,11,15H,3-8,10,19H2. The summed E-state index contributed by atoms with van der Waals surface area (Å²) in [4.78, 5) is 0. The van der Waals surface area contributed by atoms with Gasteiger partial charge >= 0.3 is 0 Å². The molecule has 1 spiro atoms. The van der Waals surface area contributed by atoms with Gasteiger partial charge in [-0.15, -0.1) is 0 Å². The third-order valence-electron chi connectivity index (χ3n) is 4.76. The van der Waals surface area contributed by atoms with Crippen molar-refractivity contribution in [2.75, 3.05) is 18.1 Å². The van der Waals surface area contributed by atoms with Crippen molar-refractivity contribution in [1.82, 2.24) is 0 Å². The molecule has 116 valence electrons. The molecule has 2 aliphatic heterocycles. The van der Waals surface area contributed by atoms with E-state index in [0.717, 1.165) is 47.3 Å². The van der Waals surface area contributed by atoms with Gasteiger partial charge in [-0.3, -0.25) is 0 Å². The van der Waals surface area contributed by atoms with Gasteiger partial charge in [-0.2, -0.15) is 11.8 Å². The van der Waals surface area contributed by atoms with Crippen molar-refractivity contribution in [1.29, 1.82) is 0 Å². The molecule has 2 N–H and O–H groups in total. The average molecular weight is 391 g/mol. The summed E-state index contributed by atoms with van der Waals surface area (Å²) in [6.07, 6.45) is 4.41. The van der Waals surface area contributed by atoms with Gasteiger partial charge in [0.25, 0.3) is 0 Å². The maximum absolute atomic E-state index is 6.56. The SMILES string of the molecule is NC(c1cc(Br)ccc1Cl)C1CCOC2(CCSCC2)C1. The summed E-state index contributed by atoms with van der Waals surface area (Å²) in [5.41, 5.74) is 7.69. The molecule has 3 rings (SSSR count).